The molecule has 0 bridgehead atoms. The molecule has 1 aliphatic rings. The van der Waals surface area contributed by atoms with Crippen molar-refractivity contribution in [3.63, 3.8) is 0 Å². The van der Waals surface area contributed by atoms with E-state index in [1.54, 1.807) is 6.26 Å². The third-order valence-electron chi connectivity index (χ3n) is 2.56. The number of rotatable bonds is 5. The van der Waals surface area contributed by atoms with E-state index >= 15 is 0 Å². The molecule has 1 unspecified atom stereocenters. The molecule has 3 heteroatoms. The lowest BCUT2D eigenvalue weighted by atomic mass is 10.1. The number of furan rings is 1. The molecule has 1 fully saturated rings. The molecule has 1 aromatic heterocycles. The first kappa shape index (κ1) is 9.74. The van der Waals surface area contributed by atoms with Gasteiger partial charge in [0.1, 0.15) is 5.76 Å². The lowest BCUT2D eigenvalue weighted by molar-refractivity contribution is -0.00950. The normalized spacial score (nSPS) is 19.2. The van der Waals surface area contributed by atoms with Crippen molar-refractivity contribution in [2.45, 2.75) is 31.8 Å². The summed E-state index contributed by atoms with van der Waals surface area (Å²) in [6.07, 6.45) is 3.85. The monoisotopic (exact) mass is 195 g/mol. The summed E-state index contributed by atoms with van der Waals surface area (Å²) in [7, 11) is 0. The van der Waals surface area contributed by atoms with Gasteiger partial charge in [0, 0.05) is 12.5 Å². The van der Waals surface area contributed by atoms with Crippen LogP contribution < -0.4 is 5.32 Å². The first-order valence-electron chi connectivity index (χ1n) is 5.21. The first-order valence-corrected chi connectivity index (χ1v) is 5.21. The van der Waals surface area contributed by atoms with Crippen LogP contribution in [0, 0.1) is 0 Å². The molecule has 1 aromatic rings. The highest BCUT2D eigenvalue weighted by molar-refractivity contribution is 4.98. The Balaban J connectivity index is 1.64. The predicted molar refractivity (Wildman–Crippen MR) is 54.2 cm³/mol. The molecule has 78 valence electrons. The molecule has 14 heavy (non-hydrogen) atoms. The lowest BCUT2D eigenvalue weighted by Gasteiger charge is -2.30. The Morgan fingerprint density at radius 2 is 2.43 bits per heavy atom. The minimum Gasteiger partial charge on any atom is -0.469 e. The van der Waals surface area contributed by atoms with Crippen LogP contribution in [0.2, 0.25) is 0 Å². The number of hydrogen-bond acceptors (Lipinski definition) is 3. The summed E-state index contributed by atoms with van der Waals surface area (Å²) >= 11 is 0. The van der Waals surface area contributed by atoms with Gasteiger partial charge in [-0.25, -0.2) is 0 Å². The van der Waals surface area contributed by atoms with E-state index in [0.717, 1.165) is 31.8 Å². The molecule has 0 saturated carbocycles. The molecule has 0 aromatic carbocycles. The lowest BCUT2D eigenvalue weighted by Crippen LogP contribution is -2.49. The SMILES string of the molecule is CC(CCc1ccco1)NC1COC1. The van der Waals surface area contributed by atoms with Gasteiger partial charge in [-0.15, -0.1) is 0 Å². The standard InChI is InChI=1S/C11H17NO2/c1-9(12-10-7-13-8-10)4-5-11-3-2-6-14-11/h2-3,6,9-10,12H,4-5,7-8H2,1H3. The summed E-state index contributed by atoms with van der Waals surface area (Å²) in [5, 5.41) is 3.51. The average Bonchev–Trinajstić information content (AvgIpc) is 2.60. The third kappa shape index (κ3) is 2.59. The molecule has 2 heterocycles. The quantitative estimate of drug-likeness (QED) is 0.774. The summed E-state index contributed by atoms with van der Waals surface area (Å²) in [5.74, 6) is 1.07. The van der Waals surface area contributed by atoms with Crippen molar-refractivity contribution in [3.8, 4) is 0 Å². The summed E-state index contributed by atoms with van der Waals surface area (Å²) in [6.45, 7) is 3.94. The maximum Gasteiger partial charge on any atom is 0.103 e. The van der Waals surface area contributed by atoms with Crippen LogP contribution in [0.5, 0.6) is 0 Å². The van der Waals surface area contributed by atoms with Crippen LogP contribution in [0.25, 0.3) is 0 Å². The minimum absolute atomic E-state index is 0.536. The van der Waals surface area contributed by atoms with Gasteiger partial charge in [0.25, 0.3) is 0 Å². The van der Waals surface area contributed by atoms with Crippen molar-refractivity contribution in [2.75, 3.05) is 13.2 Å². The highest BCUT2D eigenvalue weighted by Crippen LogP contribution is 2.08. The smallest absolute Gasteiger partial charge is 0.103 e. The average molecular weight is 195 g/mol. The van der Waals surface area contributed by atoms with E-state index in [2.05, 4.69) is 12.2 Å². The van der Waals surface area contributed by atoms with Crippen molar-refractivity contribution in [3.05, 3.63) is 24.2 Å². The summed E-state index contributed by atoms with van der Waals surface area (Å²) in [5.41, 5.74) is 0. The van der Waals surface area contributed by atoms with Gasteiger partial charge in [0.2, 0.25) is 0 Å². The van der Waals surface area contributed by atoms with Crippen LogP contribution in [0.15, 0.2) is 22.8 Å². The van der Waals surface area contributed by atoms with Crippen molar-refractivity contribution < 1.29 is 9.15 Å². The summed E-state index contributed by atoms with van der Waals surface area (Å²) in [4.78, 5) is 0. The van der Waals surface area contributed by atoms with Crippen molar-refractivity contribution >= 4 is 0 Å². The van der Waals surface area contributed by atoms with Gasteiger partial charge in [-0.1, -0.05) is 0 Å². The van der Waals surface area contributed by atoms with Crippen molar-refractivity contribution in [1.82, 2.24) is 5.32 Å². The van der Waals surface area contributed by atoms with E-state index in [-0.39, 0.29) is 0 Å². The Morgan fingerprint density at radius 3 is 3.00 bits per heavy atom. The van der Waals surface area contributed by atoms with Crippen LogP contribution >= 0.6 is 0 Å². The van der Waals surface area contributed by atoms with Gasteiger partial charge < -0.3 is 14.5 Å². The van der Waals surface area contributed by atoms with Crippen LogP contribution in [0.3, 0.4) is 0 Å². The number of aryl methyl sites for hydroxylation is 1. The minimum atomic E-state index is 0.536. The first-order chi connectivity index (χ1) is 6.84. The molecule has 1 aliphatic heterocycles. The molecular weight excluding hydrogens is 178 g/mol. The summed E-state index contributed by atoms with van der Waals surface area (Å²) < 4.78 is 10.4. The van der Waals surface area contributed by atoms with Gasteiger partial charge in [-0.2, -0.15) is 0 Å². The molecule has 0 radical (unpaired) electrons. The second kappa shape index (κ2) is 4.62. The predicted octanol–water partition coefficient (Wildman–Crippen LogP) is 1.59. The summed E-state index contributed by atoms with van der Waals surface area (Å²) in [6, 6.07) is 5.07. The fourth-order valence-corrected chi connectivity index (χ4v) is 1.63. The van der Waals surface area contributed by atoms with Crippen LogP contribution in [0.4, 0.5) is 0 Å². The zero-order valence-electron chi connectivity index (χ0n) is 8.53. The highest BCUT2D eigenvalue weighted by atomic mass is 16.5. The van der Waals surface area contributed by atoms with Gasteiger partial charge in [0.15, 0.2) is 0 Å². The molecule has 0 amide bonds. The van der Waals surface area contributed by atoms with E-state index in [1.807, 2.05) is 12.1 Å². The van der Waals surface area contributed by atoms with E-state index in [0.29, 0.717) is 12.1 Å². The number of hydrogen-bond donors (Lipinski definition) is 1. The van der Waals surface area contributed by atoms with Crippen LogP contribution in [-0.4, -0.2) is 25.3 Å². The molecule has 3 nitrogen and oxygen atoms in total. The van der Waals surface area contributed by atoms with Gasteiger partial charge >= 0.3 is 0 Å². The zero-order valence-corrected chi connectivity index (χ0v) is 8.53. The molecule has 1 N–H and O–H groups in total. The largest absolute Gasteiger partial charge is 0.469 e. The molecule has 1 atom stereocenters. The maximum absolute atomic E-state index is 5.28. The van der Waals surface area contributed by atoms with Crippen LogP contribution in [-0.2, 0) is 11.2 Å². The topological polar surface area (TPSA) is 34.4 Å². The second-order valence-corrected chi connectivity index (χ2v) is 3.92. The zero-order chi connectivity index (χ0) is 9.80. The van der Waals surface area contributed by atoms with Crippen LogP contribution in [0.1, 0.15) is 19.1 Å². The third-order valence-corrected chi connectivity index (χ3v) is 2.56. The Kier molecular flexibility index (Phi) is 3.22. The molecule has 0 spiro atoms. The Morgan fingerprint density at radius 1 is 1.57 bits per heavy atom. The maximum atomic E-state index is 5.28. The second-order valence-electron chi connectivity index (χ2n) is 3.92. The number of ether oxygens (including phenoxy) is 1. The van der Waals surface area contributed by atoms with Crippen molar-refractivity contribution in [2.24, 2.45) is 0 Å². The molecule has 1 saturated heterocycles. The van der Waals surface area contributed by atoms with E-state index in [1.165, 1.54) is 0 Å². The Labute approximate surface area is 84.4 Å². The Bertz CT molecular complexity index is 254. The van der Waals surface area contributed by atoms with Gasteiger partial charge in [0.05, 0.1) is 25.5 Å². The fraction of sp³-hybridized carbons (Fsp3) is 0.636. The van der Waals surface area contributed by atoms with Gasteiger partial charge in [-0.3, -0.25) is 0 Å². The fourth-order valence-electron chi connectivity index (χ4n) is 1.63. The molecule has 2 rings (SSSR count). The highest BCUT2D eigenvalue weighted by Gasteiger charge is 2.19. The van der Waals surface area contributed by atoms with Crippen molar-refractivity contribution in [1.29, 1.82) is 0 Å². The molecule has 0 aliphatic carbocycles. The van der Waals surface area contributed by atoms with E-state index in [9.17, 15) is 0 Å². The van der Waals surface area contributed by atoms with E-state index < -0.39 is 0 Å². The Hall–Kier alpha value is -0.800. The van der Waals surface area contributed by atoms with Gasteiger partial charge in [-0.05, 0) is 25.5 Å². The van der Waals surface area contributed by atoms with E-state index in [4.69, 9.17) is 9.15 Å². The molecular formula is C11H17NO2. The number of nitrogens with one attached hydrogen (secondary N) is 1.